The van der Waals surface area contributed by atoms with Crippen LogP contribution in [0.25, 0.3) is 22.1 Å². The number of hydrogen-bond donors (Lipinski definition) is 1. The Labute approximate surface area is 183 Å². The van der Waals surface area contributed by atoms with Gasteiger partial charge in [0.1, 0.15) is 23.2 Å². The van der Waals surface area contributed by atoms with E-state index in [2.05, 4.69) is 20.2 Å². The predicted molar refractivity (Wildman–Crippen MR) is 118 cm³/mol. The Morgan fingerprint density at radius 2 is 2.13 bits per heavy atom. The first-order valence-electron chi connectivity index (χ1n) is 10.2. The average molecular weight is 439 g/mol. The zero-order valence-electron chi connectivity index (χ0n) is 16.6. The van der Waals surface area contributed by atoms with Crippen molar-refractivity contribution in [3.05, 3.63) is 65.2 Å². The van der Waals surface area contributed by atoms with Gasteiger partial charge in [0.05, 0.1) is 10.9 Å². The van der Waals surface area contributed by atoms with E-state index >= 15 is 0 Å². The Balaban J connectivity index is 1.33. The quantitative estimate of drug-likeness (QED) is 0.500. The van der Waals surface area contributed by atoms with Crippen molar-refractivity contribution in [2.45, 2.75) is 19.4 Å². The molecule has 1 saturated heterocycles. The maximum Gasteiger partial charge on any atom is 0.225 e. The lowest BCUT2D eigenvalue weighted by Crippen LogP contribution is -2.43. The molecule has 1 fully saturated rings. The highest BCUT2D eigenvalue weighted by atomic mass is 35.5. The summed E-state index contributed by atoms with van der Waals surface area (Å²) >= 11 is 5.83. The third-order valence-corrected chi connectivity index (χ3v) is 5.97. The van der Waals surface area contributed by atoms with E-state index < -0.39 is 5.82 Å². The molecule has 5 rings (SSSR count). The van der Waals surface area contributed by atoms with Crippen molar-refractivity contribution in [1.82, 2.24) is 15.3 Å². The molecule has 6 nitrogen and oxygen atoms in total. The number of nitrogens with one attached hydrogen (secondary N) is 1. The van der Waals surface area contributed by atoms with Gasteiger partial charge in [-0.1, -0.05) is 29.8 Å². The van der Waals surface area contributed by atoms with Gasteiger partial charge >= 0.3 is 0 Å². The van der Waals surface area contributed by atoms with Crippen molar-refractivity contribution in [2.75, 3.05) is 18.0 Å². The number of rotatable bonds is 4. The topological polar surface area (TPSA) is 71.3 Å². The molecule has 8 heteroatoms. The molecule has 0 saturated carbocycles. The fraction of sp³-hybridized carbons (Fsp3) is 0.261. The summed E-state index contributed by atoms with van der Waals surface area (Å²) in [6, 6.07) is 12.2. The van der Waals surface area contributed by atoms with E-state index in [0.717, 1.165) is 41.4 Å². The van der Waals surface area contributed by atoms with E-state index in [9.17, 15) is 9.18 Å². The second kappa shape index (κ2) is 8.15. The van der Waals surface area contributed by atoms with Gasteiger partial charge in [0, 0.05) is 25.0 Å². The zero-order valence-corrected chi connectivity index (χ0v) is 17.4. The molecule has 1 aliphatic rings. The van der Waals surface area contributed by atoms with Gasteiger partial charge < -0.3 is 14.6 Å². The number of hydrogen-bond acceptors (Lipinski definition) is 5. The monoisotopic (exact) mass is 438 g/mol. The summed E-state index contributed by atoms with van der Waals surface area (Å²) in [5.74, 6) is 0.0181. The first-order valence-corrected chi connectivity index (χ1v) is 10.6. The normalized spacial score (nSPS) is 16.7. The molecule has 1 aliphatic heterocycles. The van der Waals surface area contributed by atoms with Gasteiger partial charge in [0.25, 0.3) is 0 Å². The first kappa shape index (κ1) is 19.8. The van der Waals surface area contributed by atoms with Gasteiger partial charge in [-0.25, -0.2) is 14.4 Å². The number of fused-ring (bicyclic) bond motifs is 3. The van der Waals surface area contributed by atoms with Crippen LogP contribution in [0.15, 0.2) is 53.2 Å². The summed E-state index contributed by atoms with van der Waals surface area (Å²) in [4.78, 5) is 23.8. The number of aromatic nitrogens is 2. The molecule has 0 aliphatic carbocycles. The lowest BCUT2D eigenvalue weighted by atomic mass is 9.97. The van der Waals surface area contributed by atoms with Crippen LogP contribution in [0, 0.1) is 11.7 Å². The van der Waals surface area contributed by atoms with E-state index in [4.69, 9.17) is 16.0 Å². The Bertz CT molecular complexity index is 1280. The minimum Gasteiger partial charge on any atom is -0.450 e. The van der Waals surface area contributed by atoms with E-state index in [0.29, 0.717) is 24.5 Å². The van der Waals surface area contributed by atoms with Crippen molar-refractivity contribution in [2.24, 2.45) is 5.92 Å². The molecule has 2 aromatic heterocycles. The third kappa shape index (κ3) is 3.81. The van der Waals surface area contributed by atoms with Crippen LogP contribution in [0.5, 0.6) is 0 Å². The number of furan rings is 1. The fourth-order valence-corrected chi connectivity index (χ4v) is 4.31. The summed E-state index contributed by atoms with van der Waals surface area (Å²) in [5, 5.41) is 3.94. The highest BCUT2D eigenvalue weighted by Gasteiger charge is 2.28. The summed E-state index contributed by atoms with van der Waals surface area (Å²) in [5.41, 5.74) is 2.95. The molecule has 2 aromatic carbocycles. The lowest BCUT2D eigenvalue weighted by molar-refractivity contribution is -0.125. The highest BCUT2D eigenvalue weighted by Crippen LogP contribution is 2.33. The largest absolute Gasteiger partial charge is 0.450 e. The summed E-state index contributed by atoms with van der Waals surface area (Å²) in [7, 11) is 0. The van der Waals surface area contributed by atoms with Crippen LogP contribution in [0.3, 0.4) is 0 Å². The smallest absolute Gasteiger partial charge is 0.225 e. The molecule has 31 heavy (non-hydrogen) atoms. The Morgan fingerprint density at radius 3 is 3.00 bits per heavy atom. The third-order valence-electron chi connectivity index (χ3n) is 5.68. The maximum absolute atomic E-state index is 13.3. The summed E-state index contributed by atoms with van der Waals surface area (Å²) in [6.07, 6.45) is 3.20. The van der Waals surface area contributed by atoms with Crippen molar-refractivity contribution in [1.29, 1.82) is 0 Å². The number of carbonyl (C=O) groups is 1. The Kier molecular flexibility index (Phi) is 5.19. The number of carbonyl (C=O) groups excluding carboxylic acids is 1. The van der Waals surface area contributed by atoms with E-state index in [1.165, 1.54) is 12.1 Å². The molecule has 1 N–H and O–H groups in total. The molecular formula is C23H20ClFN4O2. The summed E-state index contributed by atoms with van der Waals surface area (Å²) < 4.78 is 19.4. The molecule has 0 unspecified atom stereocenters. The maximum atomic E-state index is 13.3. The molecule has 158 valence electrons. The van der Waals surface area contributed by atoms with Gasteiger partial charge in [0.15, 0.2) is 11.4 Å². The predicted octanol–water partition coefficient (Wildman–Crippen LogP) is 4.70. The average Bonchev–Trinajstić information content (AvgIpc) is 3.18. The molecule has 0 radical (unpaired) electrons. The van der Waals surface area contributed by atoms with E-state index in [-0.39, 0.29) is 16.8 Å². The first-order chi connectivity index (χ1) is 15.1. The van der Waals surface area contributed by atoms with Crippen molar-refractivity contribution >= 4 is 45.4 Å². The number of anilines is 1. The number of amides is 1. The van der Waals surface area contributed by atoms with Crippen LogP contribution in [0.1, 0.15) is 18.4 Å². The number of piperidine rings is 1. The van der Waals surface area contributed by atoms with Gasteiger partial charge in [-0.2, -0.15) is 0 Å². The minimum atomic E-state index is -0.471. The lowest BCUT2D eigenvalue weighted by Gasteiger charge is -2.32. The zero-order chi connectivity index (χ0) is 21.4. The highest BCUT2D eigenvalue weighted by molar-refractivity contribution is 6.30. The fourth-order valence-electron chi connectivity index (χ4n) is 4.10. The second-order valence-corrected chi connectivity index (χ2v) is 8.13. The molecule has 0 bridgehead atoms. The van der Waals surface area contributed by atoms with Gasteiger partial charge in [-0.3, -0.25) is 4.79 Å². The SMILES string of the molecule is O=C(NCc1ccc(F)c(Cl)c1)[C@H]1CCCN(c2ncnc3c2oc2ccccc23)C1. The van der Waals surface area contributed by atoms with Gasteiger partial charge in [-0.15, -0.1) is 0 Å². The van der Waals surface area contributed by atoms with Gasteiger partial charge in [-0.05, 0) is 42.7 Å². The van der Waals surface area contributed by atoms with Crippen LogP contribution in [-0.2, 0) is 11.3 Å². The van der Waals surface area contributed by atoms with Crippen LogP contribution in [0.4, 0.5) is 10.2 Å². The minimum absolute atomic E-state index is 0.0416. The number of benzene rings is 2. The van der Waals surface area contributed by atoms with Crippen LogP contribution in [-0.4, -0.2) is 29.0 Å². The van der Waals surface area contributed by atoms with Crippen LogP contribution >= 0.6 is 11.6 Å². The van der Waals surface area contributed by atoms with E-state index in [1.54, 1.807) is 12.4 Å². The number of para-hydroxylation sites is 1. The second-order valence-electron chi connectivity index (χ2n) is 7.72. The molecule has 1 amide bonds. The molecule has 1 atom stereocenters. The van der Waals surface area contributed by atoms with Crippen molar-refractivity contribution < 1.29 is 13.6 Å². The molecule has 3 heterocycles. The summed E-state index contributed by atoms with van der Waals surface area (Å²) in [6.45, 7) is 1.64. The Hall–Kier alpha value is -3.19. The number of nitrogens with zero attached hydrogens (tertiary/aromatic N) is 3. The molecule has 4 aromatic rings. The van der Waals surface area contributed by atoms with E-state index in [1.807, 2.05) is 24.3 Å². The Morgan fingerprint density at radius 1 is 1.26 bits per heavy atom. The van der Waals surface area contributed by atoms with Crippen molar-refractivity contribution in [3.63, 3.8) is 0 Å². The molecular weight excluding hydrogens is 419 g/mol. The molecule has 0 spiro atoms. The standard InChI is InChI=1S/C23H20ClFN4O2/c24-17-10-14(7-8-18(17)25)11-26-23(30)15-4-3-9-29(12-15)22-21-20(27-13-28-22)16-5-1-2-6-19(16)31-21/h1-2,5-8,10,13,15H,3-4,9,11-12H2,(H,26,30)/t15-/m0/s1. The van der Waals surface area contributed by atoms with Crippen LogP contribution < -0.4 is 10.2 Å². The number of halogens is 2. The van der Waals surface area contributed by atoms with Crippen molar-refractivity contribution in [3.8, 4) is 0 Å². The van der Waals surface area contributed by atoms with Crippen LogP contribution in [0.2, 0.25) is 5.02 Å². The van der Waals surface area contributed by atoms with Gasteiger partial charge in [0.2, 0.25) is 5.91 Å².